The van der Waals surface area contributed by atoms with E-state index in [-0.39, 0.29) is 12.4 Å². The summed E-state index contributed by atoms with van der Waals surface area (Å²) in [6.45, 7) is 1.10. The van der Waals surface area contributed by atoms with E-state index >= 15 is 0 Å². The lowest BCUT2D eigenvalue weighted by Crippen LogP contribution is -2.12. The Kier molecular flexibility index (Phi) is 5.94. The Bertz CT molecular complexity index is 631. The van der Waals surface area contributed by atoms with Crippen LogP contribution in [0.1, 0.15) is 22.4 Å². The molecule has 0 saturated carbocycles. The first-order chi connectivity index (χ1) is 9.75. The minimum atomic E-state index is 0. The van der Waals surface area contributed by atoms with Crippen LogP contribution < -0.4 is 0 Å². The van der Waals surface area contributed by atoms with E-state index in [1.165, 1.54) is 26.5 Å². The van der Waals surface area contributed by atoms with Crippen LogP contribution in [0.3, 0.4) is 0 Å². The van der Waals surface area contributed by atoms with Gasteiger partial charge in [0.2, 0.25) is 0 Å². The third-order valence-corrected chi connectivity index (χ3v) is 5.67. The van der Waals surface area contributed by atoms with Gasteiger partial charge in [-0.3, -0.25) is 0 Å². The lowest BCUT2D eigenvalue weighted by molar-refractivity contribution is 0.417. The molecule has 1 aliphatic rings. The quantitative estimate of drug-likeness (QED) is 0.761. The average Bonchev–Trinajstić information content (AvgIpc) is 2.84. The van der Waals surface area contributed by atoms with Crippen LogP contribution in [0.5, 0.6) is 0 Å². The molecule has 1 aromatic heterocycles. The molecule has 3 rings (SSSR count). The summed E-state index contributed by atoms with van der Waals surface area (Å²) in [6.07, 6.45) is 3.51. The topological polar surface area (TPSA) is 3.24 Å². The molecule has 0 spiro atoms. The van der Waals surface area contributed by atoms with Gasteiger partial charge in [-0.15, -0.1) is 35.5 Å². The van der Waals surface area contributed by atoms with Crippen LogP contribution in [0.15, 0.2) is 46.7 Å². The van der Waals surface area contributed by atoms with Crippen LogP contribution >= 0.6 is 35.5 Å². The standard InChI is InChI=1S/C17H19NS2.ClH/c1-18(2)10-5-8-15-14-7-4-3-6-13(14)12-20-16-9-11-19-17(15)16;/h3-4,6-9,11H,5,10,12H2,1-2H3;1H/b15-8+;. The summed E-state index contributed by atoms with van der Waals surface area (Å²) in [6, 6.07) is 11.1. The first-order valence-corrected chi connectivity index (χ1v) is 8.76. The molecular formula is C17H20ClNS2. The van der Waals surface area contributed by atoms with Gasteiger partial charge in [-0.05, 0) is 48.7 Å². The van der Waals surface area contributed by atoms with E-state index in [0.717, 1.165) is 18.7 Å². The van der Waals surface area contributed by atoms with Crippen molar-refractivity contribution in [1.82, 2.24) is 4.90 Å². The Labute approximate surface area is 141 Å². The van der Waals surface area contributed by atoms with Gasteiger partial charge in [0.15, 0.2) is 0 Å². The summed E-state index contributed by atoms with van der Waals surface area (Å²) in [5.74, 6) is 1.07. The Morgan fingerprint density at radius 3 is 2.81 bits per heavy atom. The molecule has 2 aromatic rings. The lowest BCUT2D eigenvalue weighted by Gasteiger charge is -2.11. The minimum Gasteiger partial charge on any atom is -0.309 e. The van der Waals surface area contributed by atoms with Crippen molar-refractivity contribution >= 4 is 41.1 Å². The number of benzene rings is 1. The number of hydrogen-bond acceptors (Lipinski definition) is 3. The van der Waals surface area contributed by atoms with Crippen molar-refractivity contribution in [2.75, 3.05) is 20.6 Å². The second-order valence-corrected chi connectivity index (χ2v) is 7.20. The van der Waals surface area contributed by atoms with Gasteiger partial charge < -0.3 is 4.90 Å². The van der Waals surface area contributed by atoms with Gasteiger partial charge in [-0.1, -0.05) is 30.3 Å². The fourth-order valence-electron chi connectivity index (χ4n) is 2.46. The summed E-state index contributed by atoms with van der Waals surface area (Å²) in [4.78, 5) is 5.12. The summed E-state index contributed by atoms with van der Waals surface area (Å²) in [5, 5.41) is 2.21. The van der Waals surface area contributed by atoms with Gasteiger partial charge in [-0.2, -0.15) is 0 Å². The molecule has 0 saturated heterocycles. The Morgan fingerprint density at radius 1 is 1.19 bits per heavy atom. The van der Waals surface area contributed by atoms with Gasteiger partial charge in [-0.25, -0.2) is 0 Å². The maximum absolute atomic E-state index is 2.42. The van der Waals surface area contributed by atoms with Crippen LogP contribution in [0.4, 0.5) is 0 Å². The lowest BCUT2D eigenvalue weighted by atomic mass is 9.98. The second kappa shape index (κ2) is 7.50. The van der Waals surface area contributed by atoms with Crippen LogP contribution in [0, 0.1) is 0 Å². The molecule has 1 aromatic carbocycles. The maximum Gasteiger partial charge on any atom is 0.0481 e. The summed E-state index contributed by atoms with van der Waals surface area (Å²) >= 11 is 3.83. The summed E-state index contributed by atoms with van der Waals surface area (Å²) < 4.78 is 0. The zero-order valence-corrected chi connectivity index (χ0v) is 14.8. The minimum absolute atomic E-state index is 0. The zero-order valence-electron chi connectivity index (χ0n) is 12.3. The van der Waals surface area contributed by atoms with Crippen molar-refractivity contribution in [3.63, 3.8) is 0 Å². The van der Waals surface area contributed by atoms with Crippen molar-refractivity contribution in [3.05, 3.63) is 57.8 Å². The van der Waals surface area contributed by atoms with Crippen LogP contribution in [0.2, 0.25) is 0 Å². The largest absolute Gasteiger partial charge is 0.309 e. The van der Waals surface area contributed by atoms with Gasteiger partial charge in [0.25, 0.3) is 0 Å². The van der Waals surface area contributed by atoms with E-state index in [1.807, 2.05) is 23.1 Å². The fourth-order valence-corrected chi connectivity index (χ4v) is 4.68. The predicted molar refractivity (Wildman–Crippen MR) is 97.8 cm³/mol. The van der Waals surface area contributed by atoms with Crippen LogP contribution in [0.25, 0.3) is 5.57 Å². The highest BCUT2D eigenvalue weighted by atomic mass is 35.5. The second-order valence-electron chi connectivity index (χ2n) is 5.27. The molecule has 0 amide bonds. The molecule has 112 valence electrons. The van der Waals surface area contributed by atoms with E-state index in [4.69, 9.17) is 0 Å². The molecule has 0 unspecified atom stereocenters. The maximum atomic E-state index is 2.42. The van der Waals surface area contributed by atoms with Crippen LogP contribution in [-0.2, 0) is 5.75 Å². The van der Waals surface area contributed by atoms with Crippen molar-refractivity contribution in [1.29, 1.82) is 0 Å². The smallest absolute Gasteiger partial charge is 0.0481 e. The third-order valence-electron chi connectivity index (χ3n) is 3.49. The molecule has 1 aliphatic heterocycles. The fraction of sp³-hybridized carbons (Fsp3) is 0.294. The zero-order chi connectivity index (χ0) is 13.9. The SMILES string of the molecule is CN(C)CC/C=C1\c2ccccc2CSc2ccsc21.Cl. The molecule has 1 nitrogen and oxygen atoms in total. The monoisotopic (exact) mass is 337 g/mol. The molecular weight excluding hydrogens is 318 g/mol. The molecule has 4 heteroatoms. The third kappa shape index (κ3) is 3.72. The highest BCUT2D eigenvalue weighted by Crippen LogP contribution is 2.42. The normalized spacial score (nSPS) is 15.3. The van der Waals surface area contributed by atoms with Gasteiger partial charge in [0, 0.05) is 22.1 Å². The summed E-state index contributed by atoms with van der Waals surface area (Å²) in [5.41, 5.74) is 4.30. The predicted octanol–water partition coefficient (Wildman–Crippen LogP) is 5.16. The van der Waals surface area contributed by atoms with E-state index in [1.54, 1.807) is 0 Å². The van der Waals surface area contributed by atoms with Gasteiger partial charge >= 0.3 is 0 Å². The van der Waals surface area contributed by atoms with Gasteiger partial charge in [0.1, 0.15) is 0 Å². The molecule has 2 heterocycles. The highest BCUT2D eigenvalue weighted by molar-refractivity contribution is 7.98. The van der Waals surface area contributed by atoms with E-state index in [9.17, 15) is 0 Å². The first kappa shape index (κ1) is 16.6. The number of thioether (sulfide) groups is 1. The number of rotatable bonds is 3. The molecule has 0 N–H and O–H groups in total. The highest BCUT2D eigenvalue weighted by Gasteiger charge is 2.18. The number of thiophene rings is 1. The number of fused-ring (bicyclic) bond motifs is 2. The van der Waals surface area contributed by atoms with E-state index in [2.05, 4.69) is 60.8 Å². The van der Waals surface area contributed by atoms with Crippen molar-refractivity contribution in [2.24, 2.45) is 0 Å². The molecule has 0 bridgehead atoms. The number of halogens is 1. The van der Waals surface area contributed by atoms with E-state index < -0.39 is 0 Å². The first-order valence-electron chi connectivity index (χ1n) is 6.89. The van der Waals surface area contributed by atoms with E-state index in [0.29, 0.717) is 0 Å². The molecule has 21 heavy (non-hydrogen) atoms. The molecule has 0 fully saturated rings. The molecule has 0 aliphatic carbocycles. The van der Waals surface area contributed by atoms with Crippen LogP contribution in [-0.4, -0.2) is 25.5 Å². The van der Waals surface area contributed by atoms with Crippen molar-refractivity contribution in [3.8, 4) is 0 Å². The average molecular weight is 338 g/mol. The van der Waals surface area contributed by atoms with Gasteiger partial charge in [0.05, 0.1) is 0 Å². The number of nitrogens with zero attached hydrogens (tertiary/aromatic N) is 1. The number of hydrogen-bond donors (Lipinski definition) is 0. The Balaban J connectivity index is 0.00000161. The molecule has 0 atom stereocenters. The Morgan fingerprint density at radius 2 is 2.00 bits per heavy atom. The molecule has 0 radical (unpaired) electrons. The van der Waals surface area contributed by atoms with Crippen molar-refractivity contribution in [2.45, 2.75) is 17.1 Å². The summed E-state index contributed by atoms with van der Waals surface area (Å²) in [7, 11) is 4.26. The van der Waals surface area contributed by atoms with Crippen molar-refractivity contribution < 1.29 is 0 Å². The Hall–Kier alpha value is -0.740.